The average Bonchev–Trinajstić information content (AvgIpc) is 2.37. The fourth-order valence-corrected chi connectivity index (χ4v) is 2.75. The maximum absolute atomic E-state index is 11.2. The Morgan fingerprint density at radius 3 is 2.62 bits per heavy atom. The molecule has 0 fully saturated rings. The summed E-state index contributed by atoms with van der Waals surface area (Å²) < 4.78 is 11.2. The quantitative estimate of drug-likeness (QED) is 0.602. The van der Waals surface area contributed by atoms with Crippen LogP contribution in [-0.4, -0.2) is 31.9 Å². The van der Waals surface area contributed by atoms with E-state index >= 15 is 0 Å². The van der Waals surface area contributed by atoms with E-state index < -0.39 is 25.8 Å². The van der Waals surface area contributed by atoms with E-state index in [0.29, 0.717) is 16.8 Å². The second kappa shape index (κ2) is 5.91. The van der Waals surface area contributed by atoms with Crippen molar-refractivity contribution in [2.75, 3.05) is 0 Å². The van der Waals surface area contributed by atoms with E-state index in [4.69, 9.17) is 20.6 Å². The summed E-state index contributed by atoms with van der Waals surface area (Å²) in [6, 6.07) is 7.52. The molecular weight excluding hydrogens is 295 g/mol. The van der Waals surface area contributed by atoms with E-state index in [0.717, 1.165) is 5.39 Å². The number of para-hydroxylation sites is 1. The summed E-state index contributed by atoms with van der Waals surface area (Å²) in [7, 11) is -4.29. The summed E-state index contributed by atoms with van der Waals surface area (Å²) >= 11 is 0. The van der Waals surface area contributed by atoms with Gasteiger partial charge < -0.3 is 20.6 Å². The van der Waals surface area contributed by atoms with Crippen molar-refractivity contribution >= 4 is 24.5 Å². The minimum absolute atomic E-state index is 0.0878. The number of aliphatic carboxylic acids is 1. The van der Waals surface area contributed by atoms with Crippen LogP contribution in [0.5, 0.6) is 0 Å². The molecule has 1 atom stereocenters. The predicted octanol–water partition coefficient (Wildman–Crippen LogP) is 0.867. The molecule has 0 saturated heterocycles. The van der Waals surface area contributed by atoms with Crippen LogP contribution in [0.25, 0.3) is 10.9 Å². The highest BCUT2D eigenvalue weighted by atomic mass is 31.2. The number of pyridine rings is 1. The Bertz CT molecular complexity index is 728. The number of nitrogens with two attached hydrogens (primary N) is 1. The zero-order valence-electron chi connectivity index (χ0n) is 11.0. The van der Waals surface area contributed by atoms with Crippen LogP contribution >= 0.6 is 7.60 Å². The van der Waals surface area contributed by atoms with E-state index in [-0.39, 0.29) is 6.42 Å². The van der Waals surface area contributed by atoms with Gasteiger partial charge in [0.05, 0.1) is 11.7 Å². The molecule has 1 aromatic carbocycles. The largest absolute Gasteiger partial charge is 0.480 e. The first-order chi connectivity index (χ1) is 9.76. The molecule has 1 aromatic heterocycles. The molecule has 2 rings (SSSR count). The van der Waals surface area contributed by atoms with E-state index in [9.17, 15) is 9.36 Å². The normalized spacial score (nSPS) is 13.3. The first kappa shape index (κ1) is 15.6. The summed E-state index contributed by atoms with van der Waals surface area (Å²) in [6.45, 7) is 0. The van der Waals surface area contributed by atoms with Gasteiger partial charge in [0.1, 0.15) is 6.04 Å². The molecule has 1 heterocycles. The van der Waals surface area contributed by atoms with Gasteiger partial charge in [0.25, 0.3) is 0 Å². The lowest BCUT2D eigenvalue weighted by molar-refractivity contribution is -0.138. The SMILES string of the molecule is N[C@H](Cc1nc2ccccc2cc1CP(=O)(O)O)C(=O)O. The van der Waals surface area contributed by atoms with Crippen LogP contribution in [0.3, 0.4) is 0 Å². The monoisotopic (exact) mass is 310 g/mol. The fraction of sp³-hybridized carbons (Fsp3) is 0.231. The van der Waals surface area contributed by atoms with Crippen molar-refractivity contribution in [3.05, 3.63) is 41.6 Å². The van der Waals surface area contributed by atoms with Crippen LogP contribution in [0.15, 0.2) is 30.3 Å². The molecule has 8 heteroatoms. The molecule has 7 nitrogen and oxygen atoms in total. The zero-order valence-corrected chi connectivity index (χ0v) is 11.9. The van der Waals surface area contributed by atoms with Crippen molar-refractivity contribution in [2.24, 2.45) is 5.73 Å². The Kier molecular flexibility index (Phi) is 4.39. The highest BCUT2D eigenvalue weighted by molar-refractivity contribution is 7.50. The van der Waals surface area contributed by atoms with Gasteiger partial charge in [0.15, 0.2) is 0 Å². The van der Waals surface area contributed by atoms with Crippen LogP contribution in [0.4, 0.5) is 0 Å². The van der Waals surface area contributed by atoms with Crippen molar-refractivity contribution in [3.8, 4) is 0 Å². The lowest BCUT2D eigenvalue weighted by Gasteiger charge is -2.13. The average molecular weight is 310 g/mol. The number of benzene rings is 1. The molecule has 0 unspecified atom stereocenters. The summed E-state index contributed by atoms with van der Waals surface area (Å²) in [5.74, 6) is -1.19. The molecule has 5 N–H and O–H groups in total. The van der Waals surface area contributed by atoms with Crippen molar-refractivity contribution in [2.45, 2.75) is 18.6 Å². The maximum atomic E-state index is 11.2. The predicted molar refractivity (Wildman–Crippen MR) is 76.8 cm³/mol. The van der Waals surface area contributed by atoms with Crippen molar-refractivity contribution < 1.29 is 24.3 Å². The van der Waals surface area contributed by atoms with Gasteiger partial charge in [-0.05, 0) is 17.7 Å². The van der Waals surface area contributed by atoms with Gasteiger partial charge in [0, 0.05) is 17.5 Å². The van der Waals surface area contributed by atoms with Gasteiger partial charge in [-0.3, -0.25) is 14.3 Å². The van der Waals surface area contributed by atoms with E-state index in [2.05, 4.69) is 4.98 Å². The number of aromatic nitrogens is 1. The van der Waals surface area contributed by atoms with Crippen molar-refractivity contribution in [1.29, 1.82) is 0 Å². The van der Waals surface area contributed by atoms with E-state index in [1.165, 1.54) is 0 Å². The van der Waals surface area contributed by atoms with Gasteiger partial charge in [-0.1, -0.05) is 18.2 Å². The third kappa shape index (κ3) is 4.09. The summed E-state index contributed by atoms with van der Waals surface area (Å²) in [4.78, 5) is 33.4. The number of carboxylic acids is 1. The standard InChI is InChI=1S/C13H15N2O5P/c14-10(13(16)17)6-12-9(7-21(18,19)20)5-8-3-1-2-4-11(8)15-12/h1-5,10H,6-7,14H2,(H,16,17)(H2,18,19,20)/t10-/m1/s1. The van der Waals surface area contributed by atoms with Gasteiger partial charge in [-0.25, -0.2) is 0 Å². The van der Waals surface area contributed by atoms with Crippen LogP contribution in [-0.2, 0) is 21.9 Å². The Balaban J connectivity index is 2.50. The lowest BCUT2D eigenvalue weighted by atomic mass is 10.0. The second-order valence-electron chi connectivity index (χ2n) is 4.76. The minimum atomic E-state index is -4.29. The van der Waals surface area contributed by atoms with Crippen LogP contribution in [0.1, 0.15) is 11.3 Å². The van der Waals surface area contributed by atoms with Gasteiger partial charge in [-0.15, -0.1) is 0 Å². The van der Waals surface area contributed by atoms with Crippen LogP contribution in [0, 0.1) is 0 Å². The van der Waals surface area contributed by atoms with E-state index in [1.54, 1.807) is 30.3 Å². The van der Waals surface area contributed by atoms with Gasteiger partial charge in [0.2, 0.25) is 0 Å². The number of rotatable bonds is 5. The van der Waals surface area contributed by atoms with Crippen LogP contribution in [0.2, 0.25) is 0 Å². The Morgan fingerprint density at radius 1 is 1.33 bits per heavy atom. The summed E-state index contributed by atoms with van der Waals surface area (Å²) in [6.07, 6.45) is -0.581. The molecule has 0 saturated carbocycles. The Morgan fingerprint density at radius 2 is 2.00 bits per heavy atom. The first-order valence-corrected chi connectivity index (χ1v) is 7.96. The number of hydrogen-bond acceptors (Lipinski definition) is 4. The minimum Gasteiger partial charge on any atom is -0.480 e. The van der Waals surface area contributed by atoms with Crippen molar-refractivity contribution in [3.63, 3.8) is 0 Å². The summed E-state index contributed by atoms with van der Waals surface area (Å²) in [5, 5.41) is 9.60. The number of carboxylic acid groups (broad SMARTS) is 1. The number of nitrogens with zero attached hydrogens (tertiary/aromatic N) is 1. The Hall–Kier alpha value is -1.79. The highest BCUT2D eigenvalue weighted by Gasteiger charge is 2.21. The molecule has 112 valence electrons. The lowest BCUT2D eigenvalue weighted by Crippen LogP contribution is -2.33. The zero-order chi connectivity index (χ0) is 15.6. The number of fused-ring (bicyclic) bond motifs is 1. The third-order valence-corrected chi connectivity index (χ3v) is 3.75. The molecule has 21 heavy (non-hydrogen) atoms. The molecule has 2 aromatic rings. The van der Waals surface area contributed by atoms with Gasteiger partial charge >= 0.3 is 13.6 Å². The van der Waals surface area contributed by atoms with Crippen LogP contribution < -0.4 is 5.73 Å². The molecule has 0 aliphatic heterocycles. The Labute approximate surface area is 120 Å². The third-order valence-electron chi connectivity index (χ3n) is 3.00. The molecular formula is C13H15N2O5P. The molecule has 0 aliphatic carbocycles. The molecule has 0 aliphatic rings. The number of hydrogen-bond donors (Lipinski definition) is 4. The number of carbonyl (C=O) groups is 1. The molecule has 0 radical (unpaired) electrons. The van der Waals surface area contributed by atoms with Gasteiger partial charge in [-0.2, -0.15) is 0 Å². The smallest absolute Gasteiger partial charge is 0.329 e. The molecule has 0 bridgehead atoms. The topological polar surface area (TPSA) is 134 Å². The maximum Gasteiger partial charge on any atom is 0.329 e. The highest BCUT2D eigenvalue weighted by Crippen LogP contribution is 2.40. The molecule has 0 spiro atoms. The first-order valence-electron chi connectivity index (χ1n) is 6.17. The molecule has 0 amide bonds. The van der Waals surface area contributed by atoms with Crippen molar-refractivity contribution in [1.82, 2.24) is 4.98 Å². The fourth-order valence-electron chi connectivity index (χ4n) is 2.03. The second-order valence-corrected chi connectivity index (χ2v) is 6.40. The van der Waals surface area contributed by atoms with E-state index in [1.807, 2.05) is 0 Å². The summed E-state index contributed by atoms with van der Waals surface area (Å²) in [5.41, 5.74) is 6.73.